The lowest BCUT2D eigenvalue weighted by Crippen LogP contribution is -2.15. The first-order chi connectivity index (χ1) is 9.60. The summed E-state index contributed by atoms with van der Waals surface area (Å²) in [5.74, 6) is 0.386. The van der Waals surface area contributed by atoms with Crippen LogP contribution < -0.4 is 0 Å². The van der Waals surface area contributed by atoms with Gasteiger partial charge in [0.1, 0.15) is 5.75 Å². The molecule has 0 saturated carbocycles. The van der Waals surface area contributed by atoms with Gasteiger partial charge in [-0.05, 0) is 33.5 Å². The van der Waals surface area contributed by atoms with E-state index < -0.39 is 0 Å². The topological polar surface area (TPSA) is 20.2 Å². The molecule has 1 aliphatic rings. The number of phenolic OH excluding ortho intramolecular Hbond substituents is 1. The van der Waals surface area contributed by atoms with Gasteiger partial charge in [-0.25, -0.2) is 0 Å². The van der Waals surface area contributed by atoms with Gasteiger partial charge in [0, 0.05) is 11.0 Å². The molecule has 3 aromatic carbocycles. The lowest BCUT2D eigenvalue weighted by Gasteiger charge is -2.23. The first kappa shape index (κ1) is 11.5. The van der Waals surface area contributed by atoms with Crippen molar-refractivity contribution in [3.8, 4) is 16.9 Å². The third-order valence-electron chi connectivity index (χ3n) is 4.52. The Balaban J connectivity index is 2.25. The Morgan fingerprint density at radius 1 is 0.900 bits per heavy atom. The molecule has 0 amide bonds. The van der Waals surface area contributed by atoms with Crippen LogP contribution >= 0.6 is 0 Å². The van der Waals surface area contributed by atoms with Crippen LogP contribution in [0.5, 0.6) is 5.75 Å². The standard InChI is InChI=1S/C19H16O/c1-19(2)15-10-6-5-9-14(15)17-16(20)11-12-7-3-4-8-13(12)18(17)19/h3-11,20H,1-2H3. The number of hydrogen-bond acceptors (Lipinski definition) is 1. The molecule has 0 saturated heterocycles. The number of benzene rings is 3. The van der Waals surface area contributed by atoms with Gasteiger partial charge in [-0.15, -0.1) is 0 Å². The normalized spacial score (nSPS) is 15.1. The summed E-state index contributed by atoms with van der Waals surface area (Å²) in [5, 5.41) is 12.8. The van der Waals surface area contributed by atoms with Crippen molar-refractivity contribution in [3.63, 3.8) is 0 Å². The van der Waals surface area contributed by atoms with Crippen molar-refractivity contribution in [1.82, 2.24) is 0 Å². The second kappa shape index (κ2) is 3.63. The molecule has 1 nitrogen and oxygen atoms in total. The minimum atomic E-state index is -0.0791. The molecule has 1 heteroatoms. The average Bonchev–Trinajstić information content (AvgIpc) is 2.69. The molecule has 0 spiro atoms. The van der Waals surface area contributed by atoms with Crippen LogP contribution in [0.3, 0.4) is 0 Å². The molecule has 98 valence electrons. The van der Waals surface area contributed by atoms with Gasteiger partial charge in [-0.2, -0.15) is 0 Å². The molecule has 20 heavy (non-hydrogen) atoms. The highest BCUT2D eigenvalue weighted by molar-refractivity contribution is 6.00. The third kappa shape index (κ3) is 1.27. The van der Waals surface area contributed by atoms with E-state index in [1.165, 1.54) is 16.5 Å². The summed E-state index contributed by atoms with van der Waals surface area (Å²) in [4.78, 5) is 0. The van der Waals surface area contributed by atoms with E-state index in [9.17, 15) is 5.11 Å². The Morgan fingerprint density at radius 3 is 2.45 bits per heavy atom. The highest BCUT2D eigenvalue weighted by Crippen LogP contribution is 2.54. The van der Waals surface area contributed by atoms with Crippen LogP contribution in [0.1, 0.15) is 25.0 Å². The summed E-state index contributed by atoms with van der Waals surface area (Å²) < 4.78 is 0. The van der Waals surface area contributed by atoms with Gasteiger partial charge < -0.3 is 5.11 Å². The number of phenols is 1. The van der Waals surface area contributed by atoms with Crippen molar-refractivity contribution in [2.75, 3.05) is 0 Å². The van der Waals surface area contributed by atoms with E-state index in [1.807, 2.05) is 18.2 Å². The maximum Gasteiger partial charge on any atom is 0.124 e. The summed E-state index contributed by atoms with van der Waals surface area (Å²) in [6, 6.07) is 18.6. The molecule has 0 atom stereocenters. The summed E-state index contributed by atoms with van der Waals surface area (Å²) in [6.45, 7) is 4.48. The lowest BCUT2D eigenvalue weighted by molar-refractivity contribution is 0.477. The van der Waals surface area contributed by atoms with Gasteiger partial charge in [-0.3, -0.25) is 0 Å². The number of aromatic hydroxyl groups is 1. The molecule has 0 radical (unpaired) electrons. The number of hydrogen-bond donors (Lipinski definition) is 1. The van der Waals surface area contributed by atoms with Gasteiger partial charge in [0.25, 0.3) is 0 Å². The molecule has 0 aromatic heterocycles. The first-order valence-corrected chi connectivity index (χ1v) is 6.96. The highest BCUT2D eigenvalue weighted by atomic mass is 16.3. The van der Waals surface area contributed by atoms with E-state index in [-0.39, 0.29) is 5.41 Å². The van der Waals surface area contributed by atoms with Gasteiger partial charge in [0.2, 0.25) is 0 Å². The Kier molecular flexibility index (Phi) is 2.10. The van der Waals surface area contributed by atoms with Gasteiger partial charge in [-0.1, -0.05) is 62.4 Å². The fourth-order valence-electron chi connectivity index (χ4n) is 3.64. The van der Waals surface area contributed by atoms with Crippen molar-refractivity contribution in [1.29, 1.82) is 0 Å². The highest BCUT2D eigenvalue weighted by Gasteiger charge is 2.38. The molecule has 1 aliphatic carbocycles. The van der Waals surface area contributed by atoms with Crippen molar-refractivity contribution in [3.05, 3.63) is 65.7 Å². The van der Waals surface area contributed by atoms with Gasteiger partial charge in [0.05, 0.1) is 0 Å². The first-order valence-electron chi connectivity index (χ1n) is 6.96. The fourth-order valence-corrected chi connectivity index (χ4v) is 3.64. The number of fused-ring (bicyclic) bond motifs is 5. The van der Waals surface area contributed by atoms with Crippen molar-refractivity contribution in [2.45, 2.75) is 19.3 Å². The quantitative estimate of drug-likeness (QED) is 0.612. The second-order valence-electron chi connectivity index (χ2n) is 6.04. The minimum absolute atomic E-state index is 0.0791. The SMILES string of the molecule is CC1(C)c2ccccc2-c2c(O)cc3ccccc3c21. The zero-order valence-corrected chi connectivity index (χ0v) is 11.6. The molecular formula is C19H16O. The predicted octanol–water partition coefficient (Wildman–Crippen LogP) is 4.85. The van der Waals surface area contributed by atoms with Crippen LogP contribution in [0.4, 0.5) is 0 Å². The summed E-state index contributed by atoms with van der Waals surface area (Å²) in [5.41, 5.74) is 4.63. The molecule has 0 heterocycles. The van der Waals surface area contributed by atoms with Crippen molar-refractivity contribution < 1.29 is 5.11 Å². The summed E-state index contributed by atoms with van der Waals surface area (Å²) in [6.07, 6.45) is 0. The largest absolute Gasteiger partial charge is 0.507 e. The predicted molar refractivity (Wildman–Crippen MR) is 83.2 cm³/mol. The van der Waals surface area contributed by atoms with Crippen LogP contribution in [-0.2, 0) is 5.41 Å². The molecule has 0 bridgehead atoms. The summed E-state index contributed by atoms with van der Waals surface area (Å²) >= 11 is 0. The van der Waals surface area contributed by atoms with E-state index in [0.29, 0.717) is 5.75 Å². The second-order valence-corrected chi connectivity index (χ2v) is 6.04. The third-order valence-corrected chi connectivity index (χ3v) is 4.52. The molecule has 3 aromatic rings. The fraction of sp³-hybridized carbons (Fsp3) is 0.158. The van der Waals surface area contributed by atoms with E-state index in [4.69, 9.17) is 0 Å². The molecular weight excluding hydrogens is 244 g/mol. The van der Waals surface area contributed by atoms with E-state index in [2.05, 4.69) is 50.2 Å². The van der Waals surface area contributed by atoms with Crippen molar-refractivity contribution >= 4 is 10.8 Å². The number of rotatable bonds is 0. The van der Waals surface area contributed by atoms with Gasteiger partial charge >= 0.3 is 0 Å². The molecule has 1 N–H and O–H groups in total. The summed E-state index contributed by atoms with van der Waals surface area (Å²) in [7, 11) is 0. The monoisotopic (exact) mass is 260 g/mol. The van der Waals surface area contributed by atoms with E-state index >= 15 is 0 Å². The Bertz CT molecular complexity index is 844. The Morgan fingerprint density at radius 2 is 1.60 bits per heavy atom. The maximum atomic E-state index is 10.5. The van der Waals surface area contributed by atoms with E-state index in [1.54, 1.807) is 0 Å². The average molecular weight is 260 g/mol. The minimum Gasteiger partial charge on any atom is -0.507 e. The lowest BCUT2D eigenvalue weighted by atomic mass is 9.80. The van der Waals surface area contributed by atoms with Crippen LogP contribution in [0.25, 0.3) is 21.9 Å². The molecule has 0 aliphatic heterocycles. The zero-order valence-electron chi connectivity index (χ0n) is 11.6. The molecule has 0 fully saturated rings. The molecule has 4 rings (SSSR count). The van der Waals surface area contributed by atoms with E-state index in [0.717, 1.165) is 16.5 Å². The maximum absolute atomic E-state index is 10.5. The Labute approximate surface area is 118 Å². The molecule has 0 unspecified atom stereocenters. The Hall–Kier alpha value is -2.28. The van der Waals surface area contributed by atoms with Gasteiger partial charge in [0.15, 0.2) is 0 Å². The van der Waals surface area contributed by atoms with Crippen LogP contribution in [0.15, 0.2) is 54.6 Å². The van der Waals surface area contributed by atoms with Crippen LogP contribution in [0.2, 0.25) is 0 Å². The zero-order chi connectivity index (χ0) is 13.9. The smallest absolute Gasteiger partial charge is 0.124 e. The van der Waals surface area contributed by atoms with Crippen molar-refractivity contribution in [2.24, 2.45) is 0 Å². The van der Waals surface area contributed by atoms with Crippen LogP contribution in [-0.4, -0.2) is 5.11 Å². The van der Waals surface area contributed by atoms with Crippen LogP contribution in [0, 0.1) is 0 Å².